The summed E-state index contributed by atoms with van der Waals surface area (Å²) >= 11 is 1.39. The fraction of sp³-hybridized carbons (Fsp3) is 0.500. The van der Waals surface area contributed by atoms with Gasteiger partial charge in [-0.2, -0.15) is 0 Å². The second-order valence-electron chi connectivity index (χ2n) is 4.48. The third-order valence-electron chi connectivity index (χ3n) is 3.28. The van der Waals surface area contributed by atoms with Crippen molar-refractivity contribution in [3.05, 3.63) is 18.2 Å². The molecule has 1 unspecified atom stereocenters. The van der Waals surface area contributed by atoms with Crippen LogP contribution < -0.4 is 0 Å². The van der Waals surface area contributed by atoms with Crippen LogP contribution in [0, 0.1) is 0 Å². The van der Waals surface area contributed by atoms with E-state index in [9.17, 15) is 10.2 Å². The summed E-state index contributed by atoms with van der Waals surface area (Å²) in [7, 11) is 0. The fourth-order valence-electron chi connectivity index (χ4n) is 2.23. The molecule has 3 rings (SSSR count). The second kappa shape index (κ2) is 5.30. The van der Waals surface area contributed by atoms with E-state index in [2.05, 4.69) is 9.97 Å². The summed E-state index contributed by atoms with van der Waals surface area (Å²) in [5.41, 5.74) is 1.19. The third kappa shape index (κ3) is 2.09. The van der Waals surface area contributed by atoms with Crippen molar-refractivity contribution in [1.82, 2.24) is 9.97 Å². The molecule has 1 saturated heterocycles. The van der Waals surface area contributed by atoms with Crippen LogP contribution in [0.1, 0.15) is 11.9 Å². The second-order valence-corrected chi connectivity index (χ2v) is 5.28. The molecule has 4 atom stereocenters. The molecule has 1 fully saturated rings. The Labute approximate surface area is 118 Å². The zero-order chi connectivity index (χ0) is 14.3. The number of thioether (sulfide) groups is 1. The number of fused-ring (bicyclic) bond motifs is 1. The van der Waals surface area contributed by atoms with E-state index in [0.717, 1.165) is 0 Å². The van der Waals surface area contributed by atoms with Crippen molar-refractivity contribution in [2.24, 2.45) is 0 Å². The Hall–Kier alpha value is -1.19. The van der Waals surface area contributed by atoms with E-state index in [1.807, 2.05) is 6.26 Å². The predicted molar refractivity (Wildman–Crippen MR) is 70.3 cm³/mol. The zero-order valence-electron chi connectivity index (χ0n) is 10.6. The van der Waals surface area contributed by atoms with Crippen LogP contribution in [0.2, 0.25) is 0 Å². The van der Waals surface area contributed by atoms with Gasteiger partial charge < -0.3 is 24.5 Å². The lowest BCUT2D eigenvalue weighted by Crippen LogP contribution is -2.32. The Morgan fingerprint density at radius 3 is 2.75 bits per heavy atom. The third-order valence-corrected chi connectivity index (χ3v) is 3.94. The van der Waals surface area contributed by atoms with Crippen molar-refractivity contribution in [2.45, 2.75) is 29.4 Å². The first-order valence-electron chi connectivity index (χ1n) is 6.07. The number of aliphatic hydroxyl groups excluding tert-OH is 3. The molecule has 0 aliphatic carbocycles. The van der Waals surface area contributed by atoms with E-state index in [-0.39, 0.29) is 12.4 Å². The van der Waals surface area contributed by atoms with Crippen LogP contribution in [0.3, 0.4) is 0 Å². The molecule has 0 saturated carbocycles. The van der Waals surface area contributed by atoms with Crippen molar-refractivity contribution >= 4 is 22.9 Å². The van der Waals surface area contributed by atoms with Crippen LogP contribution in [0.4, 0.5) is 0 Å². The maximum atomic E-state index is 10.0. The van der Waals surface area contributed by atoms with E-state index in [0.29, 0.717) is 16.1 Å². The molecule has 0 spiro atoms. The fourth-order valence-corrected chi connectivity index (χ4v) is 2.76. The van der Waals surface area contributed by atoms with Gasteiger partial charge in [-0.25, -0.2) is 9.97 Å². The topological polar surface area (TPSA) is 109 Å². The normalized spacial score (nSPS) is 30.2. The van der Waals surface area contributed by atoms with Gasteiger partial charge in [0.2, 0.25) is 0 Å². The minimum atomic E-state index is -1.17. The standard InChI is InChI=1S/C12H14N2O5S/c1-20-12-9-5(2-3-18-9)13-11(14-12)10-8(17)7(16)6(4-15)19-10/h2-3,6-8,10,15-17H,4H2,1H3/t6-,7-,8-,10?/m1/s1. The van der Waals surface area contributed by atoms with Crippen LogP contribution in [-0.4, -0.2) is 56.5 Å². The number of aromatic nitrogens is 2. The minimum Gasteiger partial charge on any atom is -0.460 e. The average Bonchev–Trinajstić information content (AvgIpc) is 3.04. The van der Waals surface area contributed by atoms with Crippen molar-refractivity contribution in [3.8, 4) is 0 Å². The molecule has 20 heavy (non-hydrogen) atoms. The van der Waals surface area contributed by atoms with Gasteiger partial charge in [0.1, 0.15) is 35.0 Å². The van der Waals surface area contributed by atoms with Crippen LogP contribution in [0.15, 0.2) is 21.8 Å². The number of aliphatic hydroxyl groups is 3. The van der Waals surface area contributed by atoms with Gasteiger partial charge >= 0.3 is 0 Å². The molecule has 108 valence electrons. The minimum absolute atomic E-state index is 0.269. The summed E-state index contributed by atoms with van der Waals surface area (Å²) in [4.78, 5) is 8.59. The number of nitrogens with zero attached hydrogens (tertiary/aromatic N) is 2. The molecule has 3 heterocycles. The Bertz CT molecular complexity index is 619. The quantitative estimate of drug-likeness (QED) is 0.541. The van der Waals surface area contributed by atoms with Crippen molar-refractivity contribution in [2.75, 3.05) is 12.9 Å². The molecule has 1 aliphatic heterocycles. The Balaban J connectivity index is 2.02. The molecule has 2 aromatic heterocycles. The highest BCUT2D eigenvalue weighted by Crippen LogP contribution is 2.34. The Morgan fingerprint density at radius 2 is 2.10 bits per heavy atom. The maximum Gasteiger partial charge on any atom is 0.184 e. The first kappa shape index (κ1) is 13.8. The van der Waals surface area contributed by atoms with E-state index >= 15 is 0 Å². The van der Waals surface area contributed by atoms with Gasteiger partial charge in [0.05, 0.1) is 12.9 Å². The number of ether oxygens (including phenoxy) is 1. The van der Waals surface area contributed by atoms with Crippen molar-refractivity contribution in [1.29, 1.82) is 0 Å². The van der Waals surface area contributed by atoms with Crippen molar-refractivity contribution in [3.63, 3.8) is 0 Å². The first-order valence-corrected chi connectivity index (χ1v) is 7.29. The van der Waals surface area contributed by atoms with Crippen LogP contribution in [-0.2, 0) is 4.74 Å². The van der Waals surface area contributed by atoms with Gasteiger partial charge in [-0.15, -0.1) is 11.8 Å². The monoisotopic (exact) mass is 298 g/mol. The molecule has 0 aromatic carbocycles. The summed E-state index contributed by atoms with van der Waals surface area (Å²) in [6, 6.07) is 1.70. The van der Waals surface area contributed by atoms with Gasteiger partial charge in [0, 0.05) is 6.07 Å². The molecule has 3 N–H and O–H groups in total. The van der Waals surface area contributed by atoms with Crippen LogP contribution in [0.25, 0.3) is 11.1 Å². The van der Waals surface area contributed by atoms with E-state index in [1.54, 1.807) is 6.07 Å². The highest BCUT2D eigenvalue weighted by atomic mass is 32.2. The molecule has 1 aliphatic rings. The molecule has 7 nitrogen and oxygen atoms in total. The van der Waals surface area contributed by atoms with Crippen molar-refractivity contribution < 1.29 is 24.5 Å². The van der Waals surface area contributed by atoms with Gasteiger partial charge in [-0.05, 0) is 6.26 Å². The molecule has 0 amide bonds. The average molecular weight is 298 g/mol. The number of hydrogen-bond acceptors (Lipinski definition) is 8. The summed E-state index contributed by atoms with van der Waals surface area (Å²) in [5.74, 6) is 0.269. The summed E-state index contributed by atoms with van der Waals surface area (Å²) < 4.78 is 10.7. The molecular formula is C12H14N2O5S. The van der Waals surface area contributed by atoms with E-state index < -0.39 is 24.4 Å². The number of hydrogen-bond donors (Lipinski definition) is 3. The highest BCUT2D eigenvalue weighted by Gasteiger charge is 2.44. The largest absolute Gasteiger partial charge is 0.460 e. The number of rotatable bonds is 3. The SMILES string of the molecule is CSc1nc(C2O[C@H](CO)[C@@H](O)[C@H]2O)nc2ccoc12. The lowest BCUT2D eigenvalue weighted by atomic mass is 10.1. The number of furan rings is 1. The molecule has 2 aromatic rings. The van der Waals surface area contributed by atoms with Gasteiger partial charge in [0.25, 0.3) is 0 Å². The summed E-state index contributed by atoms with van der Waals surface area (Å²) in [6.45, 7) is -0.377. The first-order chi connectivity index (χ1) is 9.65. The van der Waals surface area contributed by atoms with Gasteiger partial charge in [-0.3, -0.25) is 0 Å². The summed E-state index contributed by atoms with van der Waals surface area (Å²) in [6.07, 6.45) is -0.674. The lowest BCUT2D eigenvalue weighted by Gasteiger charge is -2.13. The van der Waals surface area contributed by atoms with Crippen LogP contribution >= 0.6 is 11.8 Å². The Morgan fingerprint density at radius 1 is 1.30 bits per heavy atom. The molecule has 0 bridgehead atoms. The Kier molecular flexibility index (Phi) is 3.65. The van der Waals surface area contributed by atoms with Crippen LogP contribution in [0.5, 0.6) is 0 Å². The maximum absolute atomic E-state index is 10.0. The van der Waals surface area contributed by atoms with E-state index in [1.165, 1.54) is 18.0 Å². The zero-order valence-corrected chi connectivity index (χ0v) is 11.4. The molecule has 0 radical (unpaired) electrons. The smallest absolute Gasteiger partial charge is 0.184 e. The van der Waals surface area contributed by atoms with E-state index in [4.69, 9.17) is 14.3 Å². The van der Waals surface area contributed by atoms with Gasteiger partial charge in [-0.1, -0.05) is 0 Å². The lowest BCUT2D eigenvalue weighted by molar-refractivity contribution is -0.0253. The van der Waals surface area contributed by atoms with Gasteiger partial charge in [0.15, 0.2) is 11.4 Å². The summed E-state index contributed by atoms with van der Waals surface area (Å²) in [5, 5.41) is 29.5. The highest BCUT2D eigenvalue weighted by molar-refractivity contribution is 7.98. The molecular weight excluding hydrogens is 284 g/mol. The predicted octanol–water partition coefficient (Wildman–Crippen LogP) is 0.0987. The molecule has 8 heteroatoms.